The number of carbonyl (C=O) groups excluding carboxylic acids is 1. The van der Waals surface area contributed by atoms with Gasteiger partial charge >= 0.3 is 6.03 Å². The molecule has 8 nitrogen and oxygen atoms in total. The highest BCUT2D eigenvalue weighted by Gasteiger charge is 2.21. The second-order valence-corrected chi connectivity index (χ2v) is 5.64. The van der Waals surface area contributed by atoms with Crippen LogP contribution in [0.15, 0.2) is 77.3 Å². The van der Waals surface area contributed by atoms with Gasteiger partial charge in [0, 0.05) is 17.6 Å². The Bertz CT molecular complexity index is 955. The lowest BCUT2D eigenvalue weighted by Crippen LogP contribution is -2.29. The van der Waals surface area contributed by atoms with Crippen LogP contribution in [-0.4, -0.2) is 17.4 Å². The summed E-state index contributed by atoms with van der Waals surface area (Å²) in [5, 5.41) is 6.75. The van der Waals surface area contributed by atoms with Crippen molar-refractivity contribution in [2.45, 2.75) is 0 Å². The molecule has 4 rings (SSSR count). The summed E-state index contributed by atoms with van der Waals surface area (Å²) in [6, 6.07) is 12.0. The number of benzene rings is 2. The van der Waals surface area contributed by atoms with Crippen LogP contribution in [0.3, 0.4) is 0 Å². The van der Waals surface area contributed by atoms with Gasteiger partial charge in [-0.05, 0) is 42.5 Å². The van der Waals surface area contributed by atoms with Crippen LogP contribution in [0.1, 0.15) is 0 Å². The van der Waals surface area contributed by atoms with Crippen LogP contribution in [0.2, 0.25) is 0 Å². The van der Waals surface area contributed by atoms with Crippen LogP contribution in [0.25, 0.3) is 0 Å². The molecule has 0 saturated carbocycles. The van der Waals surface area contributed by atoms with Gasteiger partial charge in [0.05, 0.1) is 6.20 Å². The third-order valence-electron chi connectivity index (χ3n) is 3.70. The van der Waals surface area contributed by atoms with Gasteiger partial charge in [0.1, 0.15) is 23.5 Å². The molecular weight excluding hydrogens is 351 g/mol. The molecule has 4 N–H and O–H groups in total. The number of hydrogen-bond acceptors (Lipinski definition) is 6. The Morgan fingerprint density at radius 2 is 1.93 bits per heavy atom. The number of amides is 2. The lowest BCUT2D eigenvalue weighted by molar-refractivity contribution is 0.0646. The number of anilines is 2. The molecule has 2 aromatic rings. The predicted molar refractivity (Wildman–Crippen MR) is 98.9 cm³/mol. The van der Waals surface area contributed by atoms with Crippen LogP contribution < -0.4 is 26.3 Å². The minimum atomic E-state index is -0.472. The Labute approximate surface area is 154 Å². The Balaban J connectivity index is 1.36. The van der Waals surface area contributed by atoms with E-state index in [1.54, 1.807) is 49.1 Å². The summed E-state index contributed by atoms with van der Waals surface area (Å²) in [6.45, 7) is 0. The number of fused-ring (bicyclic) bond motifs is 1. The molecule has 0 atom stereocenters. The number of rotatable bonds is 4. The van der Waals surface area contributed by atoms with Gasteiger partial charge < -0.3 is 20.9 Å². The summed E-state index contributed by atoms with van der Waals surface area (Å²) in [7, 11) is 0. The average molecular weight is 366 g/mol. The third kappa shape index (κ3) is 3.82. The molecule has 2 aliphatic heterocycles. The Morgan fingerprint density at radius 1 is 1.11 bits per heavy atom. The van der Waals surface area contributed by atoms with Gasteiger partial charge in [0.2, 0.25) is 0 Å². The van der Waals surface area contributed by atoms with E-state index in [1.807, 2.05) is 0 Å². The number of urea groups is 1. The predicted octanol–water partition coefficient (Wildman–Crippen LogP) is 2.90. The molecule has 0 unspecified atom stereocenters. The molecule has 27 heavy (non-hydrogen) atoms. The van der Waals surface area contributed by atoms with Crippen molar-refractivity contribution in [3.8, 4) is 5.75 Å². The van der Waals surface area contributed by atoms with E-state index in [1.165, 1.54) is 23.3 Å². The zero-order chi connectivity index (χ0) is 18.6. The first-order valence-corrected chi connectivity index (χ1v) is 8.04. The smallest absolute Gasteiger partial charge is 0.323 e. The summed E-state index contributed by atoms with van der Waals surface area (Å²) in [5.41, 5.74) is 8.33. The fraction of sp³-hybridized carbons (Fsp3) is 0. The molecule has 2 aliphatic rings. The van der Waals surface area contributed by atoms with Crippen LogP contribution >= 0.6 is 0 Å². The molecule has 2 heterocycles. The molecule has 2 amide bonds. The number of aliphatic imine (C=N–C) groups is 1. The van der Waals surface area contributed by atoms with Crippen LogP contribution in [0.4, 0.5) is 20.6 Å². The van der Waals surface area contributed by atoms with Gasteiger partial charge in [-0.3, -0.25) is 5.43 Å². The summed E-state index contributed by atoms with van der Waals surface area (Å²) in [6.07, 6.45) is 4.97. The van der Waals surface area contributed by atoms with E-state index >= 15 is 0 Å². The number of hydrazine groups is 1. The van der Waals surface area contributed by atoms with Gasteiger partial charge in [-0.25, -0.2) is 14.2 Å². The SMILES string of the molecule is O=C(Nc1ccc(ON2C=NC=C3NNC=C32)cc1)Nc1cccc(F)c1. The van der Waals surface area contributed by atoms with Crippen molar-refractivity contribution in [2.75, 3.05) is 10.6 Å². The summed E-state index contributed by atoms with van der Waals surface area (Å²) < 4.78 is 13.1. The average Bonchev–Trinajstić information content (AvgIpc) is 3.13. The molecule has 0 aliphatic carbocycles. The summed E-state index contributed by atoms with van der Waals surface area (Å²) in [5.74, 6) is 0.142. The van der Waals surface area contributed by atoms with E-state index in [4.69, 9.17) is 4.84 Å². The van der Waals surface area contributed by atoms with Crippen LogP contribution in [-0.2, 0) is 0 Å². The van der Waals surface area contributed by atoms with E-state index in [9.17, 15) is 9.18 Å². The van der Waals surface area contributed by atoms with Gasteiger partial charge in [-0.15, -0.1) is 0 Å². The maximum absolute atomic E-state index is 13.1. The molecule has 2 aromatic carbocycles. The molecule has 0 aromatic heterocycles. The van der Waals surface area contributed by atoms with Crippen LogP contribution in [0.5, 0.6) is 5.75 Å². The highest BCUT2D eigenvalue weighted by atomic mass is 19.1. The molecule has 0 radical (unpaired) electrons. The molecule has 0 bridgehead atoms. The summed E-state index contributed by atoms with van der Waals surface area (Å²) in [4.78, 5) is 21.8. The van der Waals surface area contributed by atoms with Crippen molar-refractivity contribution in [3.05, 3.63) is 78.1 Å². The van der Waals surface area contributed by atoms with E-state index in [0.29, 0.717) is 17.1 Å². The minimum absolute atomic E-state index is 0.368. The number of halogens is 1. The van der Waals surface area contributed by atoms with Crippen molar-refractivity contribution in [1.29, 1.82) is 0 Å². The minimum Gasteiger partial charge on any atom is -0.374 e. The fourth-order valence-corrected chi connectivity index (χ4v) is 2.48. The summed E-state index contributed by atoms with van der Waals surface area (Å²) >= 11 is 0. The molecular formula is C18H15FN6O2. The van der Waals surface area contributed by atoms with Crippen molar-refractivity contribution in [3.63, 3.8) is 0 Å². The molecule has 9 heteroatoms. The second-order valence-electron chi connectivity index (χ2n) is 5.64. The highest BCUT2D eigenvalue weighted by Crippen LogP contribution is 2.22. The quantitative estimate of drug-likeness (QED) is 0.668. The van der Waals surface area contributed by atoms with E-state index in [-0.39, 0.29) is 0 Å². The van der Waals surface area contributed by atoms with E-state index in [0.717, 1.165) is 11.4 Å². The van der Waals surface area contributed by atoms with Gasteiger partial charge in [0.15, 0.2) is 5.75 Å². The third-order valence-corrected chi connectivity index (χ3v) is 3.70. The Hall–Kier alpha value is -4.01. The second kappa shape index (κ2) is 7.08. The van der Waals surface area contributed by atoms with Gasteiger partial charge in [-0.1, -0.05) is 6.07 Å². The Kier molecular flexibility index (Phi) is 4.32. The number of hydrogen-bond donors (Lipinski definition) is 4. The zero-order valence-electron chi connectivity index (χ0n) is 13.9. The zero-order valence-corrected chi connectivity index (χ0v) is 13.9. The largest absolute Gasteiger partial charge is 0.374 e. The van der Waals surface area contributed by atoms with Crippen molar-refractivity contribution < 1.29 is 14.0 Å². The van der Waals surface area contributed by atoms with Gasteiger partial charge in [-0.2, -0.15) is 5.06 Å². The normalized spacial score (nSPS) is 14.3. The highest BCUT2D eigenvalue weighted by molar-refractivity contribution is 5.99. The monoisotopic (exact) mass is 366 g/mol. The van der Waals surface area contributed by atoms with E-state index in [2.05, 4.69) is 26.5 Å². The first-order chi connectivity index (χ1) is 13.2. The molecule has 0 fully saturated rings. The standard InChI is InChI=1S/C18H15FN6O2/c19-12-2-1-3-14(8-12)23-18(26)22-13-4-6-15(7-5-13)27-25-11-20-9-16-17(25)10-21-24-16/h1-11,21,24H,(H2,22,23,26). The lowest BCUT2D eigenvalue weighted by atomic mass is 10.3. The number of nitrogens with one attached hydrogen (secondary N) is 4. The van der Waals surface area contributed by atoms with Gasteiger partial charge in [0.25, 0.3) is 0 Å². The fourth-order valence-electron chi connectivity index (χ4n) is 2.48. The van der Waals surface area contributed by atoms with Crippen LogP contribution in [0, 0.1) is 5.82 Å². The number of hydroxylamine groups is 2. The number of carbonyl (C=O) groups is 1. The topological polar surface area (TPSA) is 90.0 Å². The van der Waals surface area contributed by atoms with E-state index < -0.39 is 11.8 Å². The first-order valence-electron chi connectivity index (χ1n) is 8.04. The number of nitrogens with zero attached hydrogens (tertiary/aromatic N) is 2. The molecule has 0 saturated heterocycles. The Morgan fingerprint density at radius 3 is 2.74 bits per heavy atom. The van der Waals surface area contributed by atoms with Crippen molar-refractivity contribution >= 4 is 23.7 Å². The van der Waals surface area contributed by atoms with Crippen molar-refractivity contribution in [2.24, 2.45) is 4.99 Å². The molecule has 0 spiro atoms. The van der Waals surface area contributed by atoms with Crippen molar-refractivity contribution in [1.82, 2.24) is 15.9 Å². The first kappa shape index (κ1) is 16.5. The molecule has 136 valence electrons. The maximum Gasteiger partial charge on any atom is 0.323 e. The lowest BCUT2D eigenvalue weighted by Gasteiger charge is -2.22. The maximum atomic E-state index is 13.1.